The molecule has 1 aliphatic heterocycles. The Morgan fingerprint density at radius 3 is 2.46 bits per heavy atom. The van der Waals surface area contributed by atoms with Crippen LogP contribution in [-0.4, -0.2) is 70.4 Å². The second-order valence-electron chi connectivity index (χ2n) is 8.01. The molecule has 2 aliphatic rings. The first-order chi connectivity index (χ1) is 13.7. The Bertz CT molecular complexity index is 609. The van der Waals surface area contributed by atoms with Crippen LogP contribution in [0.3, 0.4) is 0 Å². The Balaban J connectivity index is 1.34. The maximum Gasteiger partial charge on any atom is 0.246 e. The van der Waals surface area contributed by atoms with Crippen molar-refractivity contribution in [2.24, 2.45) is 5.92 Å². The molecule has 1 saturated heterocycles. The van der Waals surface area contributed by atoms with Gasteiger partial charge in [-0.2, -0.15) is 0 Å². The summed E-state index contributed by atoms with van der Waals surface area (Å²) < 4.78 is 10.4. The zero-order valence-electron chi connectivity index (χ0n) is 17.4. The highest BCUT2D eigenvalue weighted by molar-refractivity contribution is 5.77. The van der Waals surface area contributed by atoms with Gasteiger partial charge in [-0.1, -0.05) is 12.1 Å². The van der Waals surface area contributed by atoms with E-state index in [-0.39, 0.29) is 12.5 Å². The number of anilines is 1. The summed E-state index contributed by atoms with van der Waals surface area (Å²) in [6.45, 7) is 5.68. The largest absolute Gasteiger partial charge is 0.495 e. The van der Waals surface area contributed by atoms with Crippen LogP contribution in [0.2, 0.25) is 0 Å². The van der Waals surface area contributed by atoms with Crippen molar-refractivity contribution in [2.45, 2.75) is 38.1 Å². The van der Waals surface area contributed by atoms with Gasteiger partial charge in [-0.15, -0.1) is 0 Å². The molecule has 1 amide bonds. The summed E-state index contributed by atoms with van der Waals surface area (Å²) in [5.74, 6) is 1.77. The van der Waals surface area contributed by atoms with Crippen molar-refractivity contribution in [1.82, 2.24) is 10.2 Å². The average Bonchev–Trinajstić information content (AvgIpc) is 2.74. The number of benzene rings is 1. The smallest absolute Gasteiger partial charge is 0.246 e. The van der Waals surface area contributed by atoms with Crippen molar-refractivity contribution in [1.29, 1.82) is 0 Å². The molecule has 6 nitrogen and oxygen atoms in total. The Kier molecular flexibility index (Phi) is 7.98. The SMILES string of the molecule is COCC(=O)NC1CCC(CCN2CCN(c3ccccc3OC)CC2)CC1. The lowest BCUT2D eigenvalue weighted by molar-refractivity contribution is -0.125. The minimum atomic E-state index is 0.0128. The Morgan fingerprint density at radius 1 is 1.07 bits per heavy atom. The molecule has 1 aliphatic carbocycles. The maximum atomic E-state index is 11.6. The Morgan fingerprint density at radius 2 is 1.79 bits per heavy atom. The summed E-state index contributed by atoms with van der Waals surface area (Å²) in [7, 11) is 3.31. The van der Waals surface area contributed by atoms with Crippen LogP contribution in [0.4, 0.5) is 5.69 Å². The molecule has 3 rings (SSSR count). The van der Waals surface area contributed by atoms with E-state index in [1.807, 2.05) is 12.1 Å². The fourth-order valence-corrected chi connectivity index (χ4v) is 4.46. The Hall–Kier alpha value is -1.79. The number of amides is 1. The molecule has 0 spiro atoms. The molecule has 0 unspecified atom stereocenters. The number of ether oxygens (including phenoxy) is 2. The van der Waals surface area contributed by atoms with Crippen molar-refractivity contribution >= 4 is 11.6 Å². The molecule has 1 aromatic rings. The van der Waals surface area contributed by atoms with Gasteiger partial charge in [-0.05, 0) is 56.7 Å². The van der Waals surface area contributed by atoms with Gasteiger partial charge in [0.1, 0.15) is 12.4 Å². The topological polar surface area (TPSA) is 54.0 Å². The first-order valence-electron chi connectivity index (χ1n) is 10.6. The van der Waals surface area contributed by atoms with Crippen LogP contribution in [-0.2, 0) is 9.53 Å². The van der Waals surface area contributed by atoms with Crippen LogP contribution < -0.4 is 15.0 Å². The van der Waals surface area contributed by atoms with Gasteiger partial charge in [0.05, 0.1) is 12.8 Å². The zero-order chi connectivity index (χ0) is 19.8. The van der Waals surface area contributed by atoms with Gasteiger partial charge in [-0.25, -0.2) is 0 Å². The molecule has 6 heteroatoms. The third-order valence-corrected chi connectivity index (χ3v) is 6.14. The molecule has 1 aromatic carbocycles. The van der Waals surface area contributed by atoms with E-state index in [9.17, 15) is 4.79 Å². The van der Waals surface area contributed by atoms with Crippen LogP contribution >= 0.6 is 0 Å². The lowest BCUT2D eigenvalue weighted by atomic mass is 9.84. The lowest BCUT2D eigenvalue weighted by Gasteiger charge is -2.37. The van der Waals surface area contributed by atoms with E-state index in [1.54, 1.807) is 14.2 Å². The number of carbonyl (C=O) groups excluding carboxylic acids is 1. The third kappa shape index (κ3) is 5.85. The predicted molar refractivity (Wildman–Crippen MR) is 112 cm³/mol. The number of nitrogens with zero attached hydrogens (tertiary/aromatic N) is 2. The van der Waals surface area contributed by atoms with Gasteiger partial charge in [0.15, 0.2) is 0 Å². The monoisotopic (exact) mass is 389 g/mol. The Labute approximate surface area is 169 Å². The van der Waals surface area contributed by atoms with Crippen molar-refractivity contribution in [3.63, 3.8) is 0 Å². The first kappa shape index (κ1) is 20.9. The quantitative estimate of drug-likeness (QED) is 0.740. The normalized spacial score (nSPS) is 23.4. The molecular weight excluding hydrogens is 354 g/mol. The molecule has 1 saturated carbocycles. The molecular formula is C22H35N3O3. The molecule has 0 atom stereocenters. The van der Waals surface area contributed by atoms with Gasteiger partial charge in [0, 0.05) is 39.3 Å². The fourth-order valence-electron chi connectivity index (χ4n) is 4.46. The maximum absolute atomic E-state index is 11.6. The summed E-state index contributed by atoms with van der Waals surface area (Å²) in [5.41, 5.74) is 1.21. The molecule has 0 radical (unpaired) electrons. The number of nitrogens with one attached hydrogen (secondary N) is 1. The number of para-hydroxylation sites is 2. The van der Waals surface area contributed by atoms with Crippen molar-refractivity contribution in [3.8, 4) is 5.75 Å². The minimum Gasteiger partial charge on any atom is -0.495 e. The van der Waals surface area contributed by atoms with Gasteiger partial charge in [-0.3, -0.25) is 9.69 Å². The van der Waals surface area contributed by atoms with E-state index in [0.29, 0.717) is 6.04 Å². The van der Waals surface area contributed by atoms with E-state index < -0.39 is 0 Å². The molecule has 1 heterocycles. The number of carbonyl (C=O) groups is 1. The molecule has 28 heavy (non-hydrogen) atoms. The van der Waals surface area contributed by atoms with Crippen LogP contribution in [0.25, 0.3) is 0 Å². The lowest BCUT2D eigenvalue weighted by Crippen LogP contribution is -2.47. The second-order valence-corrected chi connectivity index (χ2v) is 8.01. The summed E-state index contributed by atoms with van der Waals surface area (Å²) in [4.78, 5) is 16.7. The van der Waals surface area contributed by atoms with Crippen LogP contribution in [0.5, 0.6) is 5.75 Å². The number of hydrogen-bond donors (Lipinski definition) is 1. The van der Waals surface area contributed by atoms with Gasteiger partial charge < -0.3 is 19.7 Å². The van der Waals surface area contributed by atoms with E-state index >= 15 is 0 Å². The average molecular weight is 390 g/mol. The van der Waals surface area contributed by atoms with E-state index in [0.717, 1.165) is 50.7 Å². The fraction of sp³-hybridized carbons (Fsp3) is 0.682. The molecule has 1 N–H and O–H groups in total. The van der Waals surface area contributed by atoms with Gasteiger partial charge >= 0.3 is 0 Å². The van der Waals surface area contributed by atoms with Crippen molar-refractivity contribution in [3.05, 3.63) is 24.3 Å². The molecule has 0 bridgehead atoms. The number of rotatable bonds is 8. The molecule has 0 aromatic heterocycles. The van der Waals surface area contributed by atoms with Crippen molar-refractivity contribution < 1.29 is 14.3 Å². The molecule has 2 fully saturated rings. The highest BCUT2D eigenvalue weighted by atomic mass is 16.5. The highest BCUT2D eigenvalue weighted by Crippen LogP contribution is 2.29. The van der Waals surface area contributed by atoms with Crippen LogP contribution in [0.15, 0.2) is 24.3 Å². The van der Waals surface area contributed by atoms with E-state index in [4.69, 9.17) is 9.47 Å². The summed E-state index contributed by atoms with van der Waals surface area (Å²) in [6.07, 6.45) is 5.91. The van der Waals surface area contributed by atoms with Gasteiger partial charge in [0.2, 0.25) is 5.91 Å². The van der Waals surface area contributed by atoms with E-state index in [2.05, 4.69) is 27.2 Å². The first-order valence-corrected chi connectivity index (χ1v) is 10.6. The number of piperazine rings is 1. The third-order valence-electron chi connectivity index (χ3n) is 6.14. The van der Waals surface area contributed by atoms with Gasteiger partial charge in [0.25, 0.3) is 0 Å². The van der Waals surface area contributed by atoms with Crippen molar-refractivity contribution in [2.75, 3.05) is 58.5 Å². The zero-order valence-corrected chi connectivity index (χ0v) is 17.4. The standard InChI is InChI=1S/C22H35N3O3/c1-27-17-22(26)23-19-9-7-18(8-10-19)11-12-24-13-15-25(16-14-24)20-5-3-4-6-21(20)28-2/h3-6,18-19H,7-17H2,1-2H3,(H,23,26). The highest BCUT2D eigenvalue weighted by Gasteiger charge is 2.24. The number of hydrogen-bond acceptors (Lipinski definition) is 5. The van der Waals surface area contributed by atoms with E-state index in [1.165, 1.54) is 31.5 Å². The second kappa shape index (κ2) is 10.7. The van der Waals surface area contributed by atoms with Crippen LogP contribution in [0, 0.1) is 5.92 Å². The summed E-state index contributed by atoms with van der Waals surface area (Å²) in [6, 6.07) is 8.63. The minimum absolute atomic E-state index is 0.0128. The summed E-state index contributed by atoms with van der Waals surface area (Å²) >= 11 is 0. The summed E-state index contributed by atoms with van der Waals surface area (Å²) in [5, 5.41) is 3.09. The predicted octanol–water partition coefficient (Wildman–Crippen LogP) is 2.53. The molecule has 156 valence electrons. The van der Waals surface area contributed by atoms with Crippen LogP contribution in [0.1, 0.15) is 32.1 Å². The number of methoxy groups -OCH3 is 2.